The molecule has 3 nitrogen and oxygen atoms in total. The van der Waals surface area contributed by atoms with Crippen LogP contribution in [-0.4, -0.2) is 12.1 Å². The Morgan fingerprint density at radius 2 is 2.71 bits per heavy atom. The molecule has 0 aromatic carbocycles. The van der Waals surface area contributed by atoms with E-state index in [-0.39, 0.29) is 0 Å². The van der Waals surface area contributed by atoms with Crippen molar-refractivity contribution in [1.82, 2.24) is 16.0 Å². The van der Waals surface area contributed by atoms with Crippen LogP contribution >= 0.6 is 11.6 Å². The van der Waals surface area contributed by atoms with Crippen molar-refractivity contribution in [3.8, 4) is 0 Å². The van der Waals surface area contributed by atoms with Gasteiger partial charge in [0.25, 0.3) is 0 Å². The number of nitrogens with one attached hydrogen (secondary N) is 1. The molecule has 0 atom stereocenters. The molecule has 1 rings (SSSR count). The topological polar surface area (TPSA) is 29.4 Å². The minimum absolute atomic E-state index is 0.488. The van der Waals surface area contributed by atoms with Crippen molar-refractivity contribution in [3.05, 3.63) is 11.4 Å². The summed E-state index contributed by atoms with van der Waals surface area (Å²) < 4.78 is 0. The monoisotopic (exact) mass is 118 g/mol. The van der Waals surface area contributed by atoms with Crippen LogP contribution in [-0.2, 0) is 0 Å². The predicted molar refractivity (Wildman–Crippen MR) is 27.0 cm³/mol. The molecule has 0 saturated heterocycles. The van der Waals surface area contributed by atoms with Crippen LogP contribution in [0.25, 0.3) is 0 Å². The molecular weight excluding hydrogens is 114 g/mol. The number of hydrogen-bond acceptors (Lipinski definition) is 2. The van der Waals surface area contributed by atoms with Gasteiger partial charge in [0.1, 0.15) is 0 Å². The van der Waals surface area contributed by atoms with E-state index in [1.807, 2.05) is 7.05 Å². The first-order chi connectivity index (χ1) is 3.29. The third-order valence-electron chi connectivity index (χ3n) is 0.615. The van der Waals surface area contributed by atoms with Crippen LogP contribution in [0, 0.1) is 0 Å². The lowest BCUT2D eigenvalue weighted by Gasteiger charge is -2.01. The standard InChI is InChI=1S/C3H5ClN3/c1-7-2-3(4)5-6-7/h2,6H,1H3. The number of hydrazine groups is 1. The van der Waals surface area contributed by atoms with Gasteiger partial charge in [0.2, 0.25) is 0 Å². The van der Waals surface area contributed by atoms with E-state index in [0.29, 0.717) is 5.16 Å². The van der Waals surface area contributed by atoms with Crippen molar-refractivity contribution < 1.29 is 0 Å². The number of rotatable bonds is 0. The van der Waals surface area contributed by atoms with Gasteiger partial charge in [0.05, 0.1) is 6.20 Å². The summed E-state index contributed by atoms with van der Waals surface area (Å²) in [6.45, 7) is 0. The number of hydrogen-bond donors (Lipinski definition) is 1. The average Bonchev–Trinajstić information content (AvgIpc) is 1.87. The van der Waals surface area contributed by atoms with Gasteiger partial charge in [-0.1, -0.05) is 11.6 Å². The summed E-state index contributed by atoms with van der Waals surface area (Å²) in [6, 6.07) is 0. The van der Waals surface area contributed by atoms with E-state index in [2.05, 4.69) is 11.0 Å². The van der Waals surface area contributed by atoms with Crippen molar-refractivity contribution in [1.29, 1.82) is 0 Å². The van der Waals surface area contributed by atoms with E-state index < -0.39 is 0 Å². The molecular formula is C3H5ClN3. The molecule has 1 aliphatic heterocycles. The van der Waals surface area contributed by atoms with Gasteiger partial charge in [0.15, 0.2) is 5.16 Å². The second kappa shape index (κ2) is 1.60. The molecule has 7 heavy (non-hydrogen) atoms. The number of halogens is 1. The van der Waals surface area contributed by atoms with Gasteiger partial charge in [0, 0.05) is 7.05 Å². The third-order valence-corrected chi connectivity index (χ3v) is 0.797. The van der Waals surface area contributed by atoms with Gasteiger partial charge in [-0.3, -0.25) is 5.01 Å². The highest BCUT2D eigenvalue weighted by Crippen LogP contribution is 2.01. The molecule has 1 radical (unpaired) electrons. The van der Waals surface area contributed by atoms with Crippen LogP contribution < -0.4 is 11.0 Å². The molecule has 1 N–H and O–H groups in total. The van der Waals surface area contributed by atoms with E-state index in [1.54, 1.807) is 11.2 Å². The Balaban J connectivity index is 2.50. The summed E-state index contributed by atoms with van der Waals surface area (Å²) in [6.07, 6.45) is 1.68. The molecule has 1 heterocycles. The Morgan fingerprint density at radius 3 is 2.86 bits per heavy atom. The normalized spacial score (nSPS) is 19.1. The molecule has 0 saturated carbocycles. The van der Waals surface area contributed by atoms with Crippen molar-refractivity contribution >= 4 is 11.6 Å². The van der Waals surface area contributed by atoms with Crippen LogP contribution in [0.4, 0.5) is 0 Å². The predicted octanol–water partition coefficient (Wildman–Crippen LogP) is -0.00650. The van der Waals surface area contributed by atoms with Crippen LogP contribution in [0.1, 0.15) is 0 Å². The molecule has 0 amide bonds. The zero-order valence-electron chi connectivity index (χ0n) is 3.85. The molecule has 1 aliphatic rings. The minimum atomic E-state index is 0.488. The summed E-state index contributed by atoms with van der Waals surface area (Å²) in [4.78, 5) is 0. The second-order valence-corrected chi connectivity index (χ2v) is 1.66. The maximum atomic E-state index is 5.40. The highest BCUT2D eigenvalue weighted by atomic mass is 35.5. The molecule has 0 bridgehead atoms. The quantitative estimate of drug-likeness (QED) is 0.454. The molecule has 4 heteroatoms. The highest BCUT2D eigenvalue weighted by molar-refractivity contribution is 6.29. The Labute approximate surface area is 46.9 Å². The summed E-state index contributed by atoms with van der Waals surface area (Å²) in [5.41, 5.74) is 6.22. The lowest BCUT2D eigenvalue weighted by molar-refractivity contribution is 0.324. The summed E-state index contributed by atoms with van der Waals surface area (Å²) >= 11 is 5.40. The Morgan fingerprint density at radius 1 is 2.00 bits per heavy atom. The van der Waals surface area contributed by atoms with Gasteiger partial charge in [-0.2, -0.15) is 5.43 Å². The lowest BCUT2D eigenvalue weighted by Crippen LogP contribution is -2.27. The van der Waals surface area contributed by atoms with Crippen molar-refractivity contribution in [2.24, 2.45) is 0 Å². The maximum Gasteiger partial charge on any atom is 0.162 e. The maximum absolute atomic E-state index is 5.40. The zero-order chi connectivity index (χ0) is 5.28. The first-order valence-corrected chi connectivity index (χ1v) is 2.23. The SMILES string of the molecule is CN1C=C(Cl)[N]N1. The molecule has 39 valence electrons. The van der Waals surface area contributed by atoms with Crippen LogP contribution in [0.5, 0.6) is 0 Å². The molecule has 0 aromatic heterocycles. The first kappa shape index (κ1) is 4.74. The fourth-order valence-electron chi connectivity index (χ4n) is 0.344. The summed E-state index contributed by atoms with van der Waals surface area (Å²) in [7, 11) is 1.82. The Bertz CT molecular complexity index is 100. The van der Waals surface area contributed by atoms with Crippen molar-refractivity contribution in [3.63, 3.8) is 0 Å². The lowest BCUT2D eigenvalue weighted by atomic mass is 10.9. The third kappa shape index (κ3) is 0.976. The van der Waals surface area contributed by atoms with E-state index in [4.69, 9.17) is 11.6 Å². The van der Waals surface area contributed by atoms with E-state index >= 15 is 0 Å². The van der Waals surface area contributed by atoms with Crippen LogP contribution in [0.3, 0.4) is 0 Å². The van der Waals surface area contributed by atoms with Gasteiger partial charge in [-0.25, -0.2) is 0 Å². The van der Waals surface area contributed by atoms with Crippen molar-refractivity contribution in [2.75, 3.05) is 7.05 Å². The van der Waals surface area contributed by atoms with Gasteiger partial charge in [-0.15, -0.1) is 5.53 Å². The van der Waals surface area contributed by atoms with Gasteiger partial charge >= 0.3 is 0 Å². The van der Waals surface area contributed by atoms with Crippen LogP contribution in [0.15, 0.2) is 11.4 Å². The fourth-order valence-corrected chi connectivity index (χ4v) is 0.528. The molecule has 0 aromatic rings. The Hall–Kier alpha value is -0.410. The van der Waals surface area contributed by atoms with E-state index in [0.717, 1.165) is 0 Å². The largest absolute Gasteiger partial charge is 0.296 e. The second-order valence-electron chi connectivity index (χ2n) is 1.27. The van der Waals surface area contributed by atoms with E-state index in [1.165, 1.54) is 0 Å². The first-order valence-electron chi connectivity index (χ1n) is 1.85. The van der Waals surface area contributed by atoms with Gasteiger partial charge in [-0.05, 0) is 0 Å². The van der Waals surface area contributed by atoms with Crippen molar-refractivity contribution in [2.45, 2.75) is 0 Å². The van der Waals surface area contributed by atoms with E-state index in [9.17, 15) is 0 Å². The number of nitrogens with zero attached hydrogens (tertiary/aromatic N) is 2. The fraction of sp³-hybridized carbons (Fsp3) is 0.333. The molecule has 0 fully saturated rings. The minimum Gasteiger partial charge on any atom is -0.296 e. The summed E-state index contributed by atoms with van der Waals surface area (Å²) in [5.74, 6) is 0. The molecule has 0 aliphatic carbocycles. The summed E-state index contributed by atoms with van der Waals surface area (Å²) in [5, 5.41) is 2.16. The average molecular weight is 119 g/mol. The smallest absolute Gasteiger partial charge is 0.162 e. The molecule has 0 spiro atoms. The van der Waals surface area contributed by atoms with Gasteiger partial charge < -0.3 is 0 Å². The zero-order valence-corrected chi connectivity index (χ0v) is 4.61. The Kier molecular flexibility index (Phi) is 1.08. The van der Waals surface area contributed by atoms with Crippen LogP contribution in [0.2, 0.25) is 0 Å². The molecule has 0 unspecified atom stereocenters. The highest BCUT2D eigenvalue weighted by Gasteiger charge is 2.03.